The number of methoxy groups -OCH3 is 1. The number of nitrogens with zero attached hydrogens (tertiary/aromatic N) is 2. The number of hydrogen-bond donors (Lipinski definition) is 1. The number of ether oxygens (including phenoxy) is 1. The molecule has 2 heterocycles. The van der Waals surface area contributed by atoms with Gasteiger partial charge in [-0.25, -0.2) is 0 Å². The van der Waals surface area contributed by atoms with Crippen molar-refractivity contribution in [1.82, 2.24) is 10.2 Å². The highest BCUT2D eigenvalue weighted by Crippen LogP contribution is 2.41. The molecule has 9 heteroatoms. The Hall–Kier alpha value is -2.55. The second-order valence-electron chi connectivity index (χ2n) is 5.68. The van der Waals surface area contributed by atoms with Crippen molar-refractivity contribution >= 4 is 56.4 Å². The maximum absolute atomic E-state index is 12.1. The molecule has 0 aliphatic carbocycles. The van der Waals surface area contributed by atoms with Gasteiger partial charge in [0.25, 0.3) is 11.1 Å². The summed E-state index contributed by atoms with van der Waals surface area (Å²) in [5.74, 6) is 1.05. The van der Waals surface area contributed by atoms with Crippen molar-refractivity contribution in [2.45, 2.75) is 5.22 Å². The number of thiophene rings is 1. The van der Waals surface area contributed by atoms with E-state index in [0.29, 0.717) is 21.8 Å². The number of anilines is 1. The smallest absolute Gasteiger partial charge is 0.277 e. The van der Waals surface area contributed by atoms with E-state index >= 15 is 0 Å². The summed E-state index contributed by atoms with van der Waals surface area (Å²) in [6, 6.07) is 14.9. The lowest BCUT2D eigenvalue weighted by Gasteiger charge is -2.05. The molecule has 0 aliphatic rings. The van der Waals surface area contributed by atoms with Crippen LogP contribution in [-0.2, 0) is 4.79 Å². The highest BCUT2D eigenvalue weighted by atomic mass is 35.5. The predicted molar refractivity (Wildman–Crippen MR) is 112 cm³/mol. The molecule has 2 aromatic heterocycles. The first-order chi connectivity index (χ1) is 13.6. The molecule has 0 unspecified atom stereocenters. The van der Waals surface area contributed by atoms with Crippen molar-refractivity contribution in [3.8, 4) is 16.5 Å². The van der Waals surface area contributed by atoms with Crippen LogP contribution in [0.2, 0.25) is 5.02 Å². The summed E-state index contributed by atoms with van der Waals surface area (Å²) in [6.45, 7) is 0. The molecule has 0 spiro atoms. The average Bonchev–Trinajstić information content (AvgIpc) is 3.32. The van der Waals surface area contributed by atoms with Crippen molar-refractivity contribution in [3.05, 3.63) is 53.6 Å². The molecule has 1 amide bonds. The Morgan fingerprint density at radius 2 is 2.00 bits per heavy atom. The molecule has 0 aliphatic heterocycles. The highest BCUT2D eigenvalue weighted by molar-refractivity contribution is 7.99. The lowest BCUT2D eigenvalue weighted by molar-refractivity contribution is -0.113. The first kappa shape index (κ1) is 18.8. The third-order valence-corrected chi connectivity index (χ3v) is 6.32. The molecular weight excluding hydrogens is 418 g/mol. The molecular formula is C19H14ClN3O3S2. The molecule has 0 saturated carbocycles. The van der Waals surface area contributed by atoms with E-state index < -0.39 is 0 Å². The standard InChI is InChI=1S/C19H14ClN3O3S2/c1-25-12-8-6-11(7-9-12)21-15(24)10-27-19-23-22-18(26-19)17-16(20)13-4-2-3-5-14(13)28-17/h2-9H,10H2,1H3,(H,21,24). The predicted octanol–water partition coefficient (Wildman–Crippen LogP) is 5.34. The lowest BCUT2D eigenvalue weighted by atomic mass is 10.2. The summed E-state index contributed by atoms with van der Waals surface area (Å²) in [4.78, 5) is 12.8. The van der Waals surface area contributed by atoms with Crippen LogP contribution in [0.25, 0.3) is 20.9 Å². The van der Waals surface area contributed by atoms with Crippen LogP contribution >= 0.6 is 34.7 Å². The molecule has 6 nitrogen and oxygen atoms in total. The van der Waals surface area contributed by atoms with Crippen LogP contribution < -0.4 is 10.1 Å². The van der Waals surface area contributed by atoms with Gasteiger partial charge in [0, 0.05) is 15.8 Å². The fraction of sp³-hybridized carbons (Fsp3) is 0.105. The molecule has 142 valence electrons. The minimum absolute atomic E-state index is 0.147. The Bertz CT molecular complexity index is 1130. The largest absolute Gasteiger partial charge is 0.497 e. The maximum atomic E-state index is 12.1. The SMILES string of the molecule is COc1ccc(NC(=O)CSc2nnc(-c3sc4ccccc4c3Cl)o2)cc1. The number of thioether (sulfide) groups is 1. The van der Waals surface area contributed by atoms with Gasteiger partial charge in [-0.05, 0) is 30.3 Å². The van der Waals surface area contributed by atoms with Crippen LogP contribution in [-0.4, -0.2) is 29.0 Å². The van der Waals surface area contributed by atoms with Crippen molar-refractivity contribution in [1.29, 1.82) is 0 Å². The summed E-state index contributed by atoms with van der Waals surface area (Å²) >= 11 is 9.10. The van der Waals surface area contributed by atoms with E-state index in [-0.39, 0.29) is 11.7 Å². The van der Waals surface area contributed by atoms with E-state index in [9.17, 15) is 4.79 Å². The Morgan fingerprint density at radius 1 is 1.21 bits per heavy atom. The number of amides is 1. The van der Waals surface area contributed by atoms with Crippen LogP contribution in [0, 0.1) is 0 Å². The number of carbonyl (C=O) groups excluding carboxylic acids is 1. The normalized spacial score (nSPS) is 10.9. The van der Waals surface area contributed by atoms with E-state index in [0.717, 1.165) is 20.7 Å². The van der Waals surface area contributed by atoms with Gasteiger partial charge in [0.05, 0.1) is 17.9 Å². The van der Waals surface area contributed by atoms with Gasteiger partial charge in [0.1, 0.15) is 10.6 Å². The number of carbonyl (C=O) groups is 1. The van der Waals surface area contributed by atoms with Gasteiger partial charge in [0.15, 0.2) is 0 Å². The first-order valence-electron chi connectivity index (χ1n) is 8.21. The Kier molecular flexibility index (Phi) is 5.52. The monoisotopic (exact) mass is 431 g/mol. The van der Waals surface area contributed by atoms with Crippen molar-refractivity contribution in [2.24, 2.45) is 0 Å². The first-order valence-corrected chi connectivity index (χ1v) is 10.4. The van der Waals surface area contributed by atoms with Crippen LogP contribution in [0.1, 0.15) is 0 Å². The van der Waals surface area contributed by atoms with Gasteiger partial charge in [-0.2, -0.15) is 0 Å². The second-order valence-corrected chi connectivity index (χ2v) is 8.04. The molecule has 0 bridgehead atoms. The molecule has 1 N–H and O–H groups in total. The molecule has 28 heavy (non-hydrogen) atoms. The zero-order chi connectivity index (χ0) is 19.5. The number of rotatable bonds is 6. The molecule has 0 fully saturated rings. The fourth-order valence-electron chi connectivity index (χ4n) is 2.51. The quantitative estimate of drug-likeness (QED) is 0.415. The summed E-state index contributed by atoms with van der Waals surface area (Å²) < 4.78 is 11.8. The molecule has 2 aromatic carbocycles. The Balaban J connectivity index is 1.40. The number of aromatic nitrogens is 2. The molecule has 0 saturated heterocycles. The third kappa shape index (κ3) is 3.99. The number of nitrogens with one attached hydrogen (secondary N) is 1. The Labute approximate surface area is 173 Å². The summed E-state index contributed by atoms with van der Waals surface area (Å²) in [7, 11) is 1.59. The van der Waals surface area contributed by atoms with Gasteiger partial charge in [0.2, 0.25) is 5.91 Å². The van der Waals surface area contributed by atoms with Crippen LogP contribution in [0.3, 0.4) is 0 Å². The average molecular weight is 432 g/mol. The molecule has 0 atom stereocenters. The van der Waals surface area contributed by atoms with Crippen molar-refractivity contribution < 1.29 is 13.9 Å². The zero-order valence-electron chi connectivity index (χ0n) is 14.6. The van der Waals surface area contributed by atoms with E-state index in [1.807, 2.05) is 24.3 Å². The highest BCUT2D eigenvalue weighted by Gasteiger charge is 2.18. The van der Waals surface area contributed by atoms with E-state index in [4.69, 9.17) is 20.8 Å². The van der Waals surface area contributed by atoms with Crippen LogP contribution in [0.5, 0.6) is 5.75 Å². The summed E-state index contributed by atoms with van der Waals surface area (Å²) in [6.07, 6.45) is 0. The minimum Gasteiger partial charge on any atom is -0.497 e. The van der Waals surface area contributed by atoms with Gasteiger partial charge in [-0.15, -0.1) is 21.5 Å². The van der Waals surface area contributed by atoms with E-state index in [1.54, 1.807) is 31.4 Å². The van der Waals surface area contributed by atoms with E-state index in [1.165, 1.54) is 23.1 Å². The fourth-order valence-corrected chi connectivity index (χ4v) is 4.51. The van der Waals surface area contributed by atoms with Gasteiger partial charge in [-0.3, -0.25) is 4.79 Å². The molecule has 4 rings (SSSR count). The van der Waals surface area contributed by atoms with Gasteiger partial charge < -0.3 is 14.5 Å². The number of fused-ring (bicyclic) bond motifs is 1. The van der Waals surface area contributed by atoms with Gasteiger partial charge in [-0.1, -0.05) is 41.6 Å². The minimum atomic E-state index is -0.171. The zero-order valence-corrected chi connectivity index (χ0v) is 17.0. The maximum Gasteiger partial charge on any atom is 0.277 e. The van der Waals surface area contributed by atoms with Crippen molar-refractivity contribution in [2.75, 3.05) is 18.2 Å². The van der Waals surface area contributed by atoms with Crippen LogP contribution in [0.4, 0.5) is 5.69 Å². The lowest BCUT2D eigenvalue weighted by Crippen LogP contribution is -2.13. The summed E-state index contributed by atoms with van der Waals surface area (Å²) in [5, 5.41) is 12.7. The van der Waals surface area contributed by atoms with E-state index in [2.05, 4.69) is 15.5 Å². The Morgan fingerprint density at radius 3 is 2.75 bits per heavy atom. The second kappa shape index (κ2) is 8.22. The third-order valence-electron chi connectivity index (χ3n) is 3.84. The summed E-state index contributed by atoms with van der Waals surface area (Å²) in [5.41, 5.74) is 0.690. The van der Waals surface area contributed by atoms with Gasteiger partial charge >= 0.3 is 0 Å². The van der Waals surface area contributed by atoms with Crippen molar-refractivity contribution in [3.63, 3.8) is 0 Å². The topological polar surface area (TPSA) is 77.2 Å². The molecule has 0 radical (unpaired) electrons. The van der Waals surface area contributed by atoms with Crippen LogP contribution in [0.15, 0.2) is 58.2 Å². The number of halogens is 1. The number of benzene rings is 2. The number of hydrogen-bond acceptors (Lipinski definition) is 7. The molecule has 4 aromatic rings.